The lowest BCUT2D eigenvalue weighted by Crippen LogP contribution is -2.17. The van der Waals surface area contributed by atoms with Gasteiger partial charge in [-0.05, 0) is 47.2 Å². The van der Waals surface area contributed by atoms with Gasteiger partial charge in [0.25, 0.3) is 0 Å². The highest BCUT2D eigenvalue weighted by Crippen LogP contribution is 2.49. The number of aromatic nitrogens is 1. The second-order valence-electron chi connectivity index (χ2n) is 10.1. The second-order valence-corrected chi connectivity index (χ2v) is 11.3. The van der Waals surface area contributed by atoms with Gasteiger partial charge >= 0.3 is 0 Å². The fraction of sp³-hybridized carbons (Fsp3) is 0.346. The molecule has 1 heterocycles. The Balaban J connectivity index is 2.47. The maximum atomic E-state index is 6.61. The van der Waals surface area contributed by atoms with Gasteiger partial charge in [0.2, 0.25) is 0 Å². The van der Waals surface area contributed by atoms with E-state index >= 15 is 0 Å². The third-order valence-corrected chi connectivity index (χ3v) is 6.29. The van der Waals surface area contributed by atoms with Gasteiger partial charge in [0.1, 0.15) is 23.7 Å². The van der Waals surface area contributed by atoms with Crippen molar-refractivity contribution in [1.29, 1.82) is 0 Å². The normalized spacial score (nSPS) is 12.2. The van der Waals surface area contributed by atoms with Gasteiger partial charge in [0.05, 0.1) is 11.6 Å². The molecule has 3 nitrogen and oxygen atoms in total. The molecule has 0 atom stereocenters. The summed E-state index contributed by atoms with van der Waals surface area (Å²) in [4.78, 5) is 4.64. The number of hydrogen-bond acceptors (Lipinski definition) is 3. The van der Waals surface area contributed by atoms with Crippen LogP contribution in [0.25, 0.3) is 0 Å². The third kappa shape index (κ3) is 5.54. The van der Waals surface area contributed by atoms with E-state index in [1.807, 2.05) is 42.5 Å². The molecule has 0 spiro atoms. The Morgan fingerprint density at radius 1 is 0.727 bits per heavy atom. The molecule has 0 N–H and O–H groups in total. The van der Waals surface area contributed by atoms with Gasteiger partial charge in [0.15, 0.2) is 11.5 Å². The van der Waals surface area contributed by atoms with E-state index in [0.717, 1.165) is 27.9 Å². The lowest BCUT2D eigenvalue weighted by molar-refractivity contribution is 0.522. The molecule has 7 heteroatoms. The average Bonchev–Trinajstić information content (AvgIpc) is 2.73. The number of benzene rings is 2. The highest BCUT2D eigenvalue weighted by atomic mass is 35.5. The van der Waals surface area contributed by atoms with Gasteiger partial charge in [-0.25, -0.2) is 0 Å². The van der Waals surface area contributed by atoms with Crippen molar-refractivity contribution in [3.63, 3.8) is 0 Å². The van der Waals surface area contributed by atoms with Crippen molar-refractivity contribution in [3.8, 4) is 11.5 Å². The first-order valence-corrected chi connectivity index (χ1v) is 11.9. The molecule has 0 amide bonds. The highest BCUT2D eigenvalue weighted by Gasteiger charge is 2.33. The number of pyridine rings is 1. The van der Waals surface area contributed by atoms with E-state index in [0.29, 0.717) is 21.5 Å². The minimum Gasteiger partial charge on any atom is -0.385 e. The van der Waals surface area contributed by atoms with E-state index < -0.39 is 5.92 Å². The van der Waals surface area contributed by atoms with E-state index in [4.69, 9.17) is 55.5 Å². The second kappa shape index (κ2) is 9.92. The summed E-state index contributed by atoms with van der Waals surface area (Å²) in [5.41, 5.74) is 3.38. The van der Waals surface area contributed by atoms with E-state index in [9.17, 15) is 0 Å². The Kier molecular flexibility index (Phi) is 7.80. The monoisotopic (exact) mass is 525 g/mol. The Labute approximate surface area is 216 Å². The zero-order valence-corrected chi connectivity index (χ0v) is 22.5. The van der Waals surface area contributed by atoms with Crippen LogP contribution in [0.1, 0.15) is 75.4 Å². The van der Waals surface area contributed by atoms with Crippen LogP contribution in [0.5, 0.6) is 11.5 Å². The standard InChI is InChI=1S/C26H27Cl4NO2/c1-25(2,3)19-13-15(27)11-17(23(19)32-29)22(21-9-7-8-10-31-21)18-12-16(28)14-20(24(18)33-30)26(4,5)6/h7-14,22H,1-6H3. The molecule has 2 aromatic carbocycles. The largest absolute Gasteiger partial charge is 0.385 e. The molecular weight excluding hydrogens is 500 g/mol. The van der Waals surface area contributed by atoms with Crippen LogP contribution in [-0.2, 0) is 10.8 Å². The molecule has 0 saturated carbocycles. The lowest BCUT2D eigenvalue weighted by Gasteiger charge is -2.29. The molecule has 1 aromatic heterocycles. The summed E-state index contributed by atoms with van der Waals surface area (Å²) in [6, 6.07) is 13.1. The summed E-state index contributed by atoms with van der Waals surface area (Å²) in [7, 11) is 0. The smallest absolute Gasteiger partial charge is 0.154 e. The summed E-state index contributed by atoms with van der Waals surface area (Å²) in [5, 5.41) is 1.11. The van der Waals surface area contributed by atoms with Gasteiger partial charge in [0, 0.05) is 38.5 Å². The van der Waals surface area contributed by atoms with Gasteiger partial charge < -0.3 is 8.58 Å². The fourth-order valence-corrected chi connectivity index (χ4v) is 4.78. The van der Waals surface area contributed by atoms with Crippen LogP contribution >= 0.6 is 46.9 Å². The molecule has 33 heavy (non-hydrogen) atoms. The van der Waals surface area contributed by atoms with Crippen LogP contribution in [0.2, 0.25) is 10.0 Å². The van der Waals surface area contributed by atoms with Crippen LogP contribution in [0, 0.1) is 0 Å². The van der Waals surface area contributed by atoms with Crippen LogP contribution in [-0.4, -0.2) is 4.98 Å². The molecule has 176 valence electrons. The third-order valence-electron chi connectivity index (χ3n) is 5.54. The fourth-order valence-electron chi connectivity index (χ4n) is 3.98. The Morgan fingerprint density at radius 3 is 1.52 bits per heavy atom. The Morgan fingerprint density at radius 2 is 1.18 bits per heavy atom. The molecule has 0 aliphatic heterocycles. The summed E-state index contributed by atoms with van der Waals surface area (Å²) in [5.74, 6) is 0.567. The van der Waals surface area contributed by atoms with E-state index in [1.165, 1.54) is 0 Å². The Bertz CT molecular complexity index is 1060. The zero-order valence-electron chi connectivity index (χ0n) is 19.5. The summed E-state index contributed by atoms with van der Waals surface area (Å²) < 4.78 is 10.9. The van der Waals surface area contributed by atoms with Crippen molar-refractivity contribution in [2.45, 2.75) is 58.3 Å². The first kappa shape index (κ1) is 26.0. The molecule has 0 bridgehead atoms. The molecule has 0 saturated heterocycles. The van der Waals surface area contributed by atoms with Crippen LogP contribution in [0.15, 0.2) is 48.7 Å². The number of nitrogens with zero attached hydrogens (tertiary/aromatic N) is 1. The predicted octanol–water partition coefficient (Wildman–Crippen LogP) is 9.23. The van der Waals surface area contributed by atoms with Gasteiger partial charge in [-0.3, -0.25) is 4.98 Å². The summed E-state index contributed by atoms with van der Waals surface area (Å²) >= 11 is 25.4. The molecule has 0 unspecified atom stereocenters. The van der Waals surface area contributed by atoms with Crippen LogP contribution in [0.4, 0.5) is 0 Å². The number of halogens is 4. The van der Waals surface area contributed by atoms with E-state index in [1.54, 1.807) is 6.20 Å². The molecule has 0 aliphatic carbocycles. The average molecular weight is 527 g/mol. The number of rotatable bonds is 5. The van der Waals surface area contributed by atoms with Crippen molar-refractivity contribution in [1.82, 2.24) is 4.98 Å². The van der Waals surface area contributed by atoms with Gasteiger partial charge in [-0.2, -0.15) is 0 Å². The number of hydrogen-bond donors (Lipinski definition) is 0. The van der Waals surface area contributed by atoms with Crippen molar-refractivity contribution < 1.29 is 8.58 Å². The van der Waals surface area contributed by atoms with Crippen LogP contribution < -0.4 is 8.58 Å². The minimum atomic E-state index is -0.465. The van der Waals surface area contributed by atoms with Crippen molar-refractivity contribution in [2.24, 2.45) is 0 Å². The molecule has 3 rings (SSSR count). The lowest BCUT2D eigenvalue weighted by atomic mass is 9.78. The predicted molar refractivity (Wildman–Crippen MR) is 138 cm³/mol. The Hall–Kier alpha value is -1.65. The summed E-state index contributed by atoms with van der Waals surface area (Å²) in [6.45, 7) is 12.4. The molecule has 0 aliphatic rings. The maximum absolute atomic E-state index is 6.61. The van der Waals surface area contributed by atoms with Crippen molar-refractivity contribution in [2.75, 3.05) is 0 Å². The van der Waals surface area contributed by atoms with Crippen molar-refractivity contribution in [3.05, 3.63) is 86.7 Å². The van der Waals surface area contributed by atoms with E-state index in [2.05, 4.69) is 46.5 Å². The van der Waals surface area contributed by atoms with Crippen molar-refractivity contribution >= 4 is 46.9 Å². The van der Waals surface area contributed by atoms with E-state index in [-0.39, 0.29) is 10.8 Å². The minimum absolute atomic E-state index is 0.282. The molecule has 0 fully saturated rings. The molecule has 0 radical (unpaired) electrons. The molecular formula is C26H27Cl4NO2. The topological polar surface area (TPSA) is 31.4 Å². The first-order chi connectivity index (χ1) is 15.4. The zero-order chi connectivity index (χ0) is 24.6. The van der Waals surface area contributed by atoms with Gasteiger partial charge in [-0.1, -0.05) is 70.8 Å². The van der Waals surface area contributed by atoms with Gasteiger partial charge in [-0.15, -0.1) is 0 Å². The highest BCUT2D eigenvalue weighted by molar-refractivity contribution is 6.31. The quantitative estimate of drug-likeness (QED) is 0.332. The summed E-state index contributed by atoms with van der Waals surface area (Å²) in [6.07, 6.45) is 1.73. The maximum Gasteiger partial charge on any atom is 0.154 e. The SMILES string of the molecule is CC(C)(C)c1cc(Cl)cc(C(c2ccccn2)c2cc(Cl)cc(C(C)(C)C)c2OCl)c1OCl. The molecule has 3 aromatic rings. The first-order valence-electron chi connectivity index (χ1n) is 10.5. The van der Waals surface area contributed by atoms with Crippen LogP contribution in [0.3, 0.4) is 0 Å².